The van der Waals surface area contributed by atoms with Crippen LogP contribution in [0.5, 0.6) is 0 Å². The van der Waals surface area contributed by atoms with E-state index in [4.69, 9.17) is 4.74 Å². The summed E-state index contributed by atoms with van der Waals surface area (Å²) in [5, 5.41) is 6.39. The molecular weight excluding hydrogens is 329 g/mol. The van der Waals surface area contributed by atoms with E-state index in [0.717, 1.165) is 26.0 Å². The van der Waals surface area contributed by atoms with Crippen LogP contribution in [0.3, 0.4) is 0 Å². The Bertz CT molecular complexity index is 496. The highest BCUT2D eigenvalue weighted by Crippen LogP contribution is 2.35. The van der Waals surface area contributed by atoms with Gasteiger partial charge in [-0.25, -0.2) is 0 Å². The Morgan fingerprint density at radius 2 is 1.78 bits per heavy atom. The summed E-state index contributed by atoms with van der Waals surface area (Å²) in [5.74, 6) is 0. The van der Waals surface area contributed by atoms with Crippen molar-refractivity contribution in [2.75, 3.05) is 44.2 Å². The zero-order valence-electron chi connectivity index (χ0n) is 12.9. The lowest BCUT2D eigenvalue weighted by atomic mass is 10.1. The van der Waals surface area contributed by atoms with Crippen LogP contribution in [0.2, 0.25) is 0 Å². The SMILES string of the molecule is FC(F)(F)c1nnc(N2CCC(OCCN3CCCC3)CC2)s1. The minimum atomic E-state index is -4.41. The predicted octanol–water partition coefficient (Wildman–Crippen LogP) is 2.64. The highest BCUT2D eigenvalue weighted by molar-refractivity contribution is 7.15. The average Bonchev–Trinajstić information content (AvgIpc) is 3.19. The van der Waals surface area contributed by atoms with E-state index < -0.39 is 11.2 Å². The van der Waals surface area contributed by atoms with E-state index in [1.165, 1.54) is 25.9 Å². The minimum Gasteiger partial charge on any atom is -0.377 e. The first-order valence-electron chi connectivity index (χ1n) is 8.02. The van der Waals surface area contributed by atoms with Crippen molar-refractivity contribution >= 4 is 16.5 Å². The maximum atomic E-state index is 12.6. The second-order valence-electron chi connectivity index (χ2n) is 5.99. The number of anilines is 1. The third-order valence-electron chi connectivity index (χ3n) is 4.33. The fourth-order valence-electron chi connectivity index (χ4n) is 3.03. The van der Waals surface area contributed by atoms with Crippen LogP contribution in [0.15, 0.2) is 0 Å². The van der Waals surface area contributed by atoms with Crippen LogP contribution in [-0.2, 0) is 10.9 Å². The normalized spacial score (nSPS) is 21.3. The number of piperidine rings is 1. The van der Waals surface area contributed by atoms with Crippen molar-refractivity contribution in [2.45, 2.75) is 38.0 Å². The molecular formula is C14H21F3N4OS. The number of hydrogen-bond acceptors (Lipinski definition) is 6. The van der Waals surface area contributed by atoms with Crippen LogP contribution in [-0.4, -0.2) is 60.5 Å². The Kier molecular flexibility index (Phi) is 5.38. The van der Waals surface area contributed by atoms with Gasteiger partial charge in [-0.15, -0.1) is 10.2 Å². The lowest BCUT2D eigenvalue weighted by Crippen LogP contribution is -2.38. The number of halogens is 3. The second kappa shape index (κ2) is 7.31. The highest BCUT2D eigenvalue weighted by Gasteiger charge is 2.36. The van der Waals surface area contributed by atoms with Crippen molar-refractivity contribution in [3.05, 3.63) is 5.01 Å². The van der Waals surface area contributed by atoms with Gasteiger partial charge in [-0.2, -0.15) is 13.2 Å². The molecule has 0 saturated carbocycles. The molecule has 2 aliphatic rings. The van der Waals surface area contributed by atoms with Gasteiger partial charge in [0.2, 0.25) is 10.1 Å². The van der Waals surface area contributed by atoms with Crippen LogP contribution >= 0.6 is 11.3 Å². The molecule has 0 aliphatic carbocycles. The Hall–Kier alpha value is -0.930. The van der Waals surface area contributed by atoms with E-state index >= 15 is 0 Å². The standard InChI is InChI=1S/C14H21F3N4OS/c15-14(16,17)12-18-19-13(23-12)21-7-3-11(4-8-21)22-10-9-20-5-1-2-6-20/h11H,1-10H2. The predicted molar refractivity (Wildman–Crippen MR) is 81.8 cm³/mol. The van der Waals surface area contributed by atoms with Gasteiger partial charge >= 0.3 is 6.18 Å². The molecule has 0 spiro atoms. The molecule has 0 N–H and O–H groups in total. The maximum Gasteiger partial charge on any atom is 0.445 e. The van der Waals surface area contributed by atoms with E-state index in [1.54, 1.807) is 0 Å². The van der Waals surface area contributed by atoms with Crippen LogP contribution in [0.25, 0.3) is 0 Å². The summed E-state index contributed by atoms with van der Waals surface area (Å²) in [4.78, 5) is 4.28. The quantitative estimate of drug-likeness (QED) is 0.817. The molecule has 2 aliphatic heterocycles. The molecule has 0 bridgehead atoms. The molecule has 3 rings (SSSR count). The fraction of sp³-hybridized carbons (Fsp3) is 0.857. The number of nitrogens with zero attached hydrogens (tertiary/aromatic N) is 4. The van der Waals surface area contributed by atoms with Gasteiger partial charge in [-0.3, -0.25) is 0 Å². The van der Waals surface area contributed by atoms with E-state index in [9.17, 15) is 13.2 Å². The zero-order valence-corrected chi connectivity index (χ0v) is 13.7. The maximum absolute atomic E-state index is 12.6. The second-order valence-corrected chi connectivity index (χ2v) is 6.95. The van der Waals surface area contributed by atoms with Crippen LogP contribution in [0.1, 0.15) is 30.7 Å². The van der Waals surface area contributed by atoms with Crippen LogP contribution in [0, 0.1) is 0 Å². The molecule has 23 heavy (non-hydrogen) atoms. The van der Waals surface area contributed by atoms with Gasteiger partial charge in [0.15, 0.2) is 0 Å². The summed E-state index contributed by atoms with van der Waals surface area (Å²) in [6, 6.07) is 0. The molecule has 0 aromatic carbocycles. The number of hydrogen-bond donors (Lipinski definition) is 0. The summed E-state index contributed by atoms with van der Waals surface area (Å²) < 4.78 is 43.6. The first kappa shape index (κ1) is 16.9. The van der Waals surface area contributed by atoms with Crippen molar-refractivity contribution in [1.29, 1.82) is 0 Å². The third kappa shape index (κ3) is 4.54. The number of aromatic nitrogens is 2. The molecule has 0 amide bonds. The van der Waals surface area contributed by atoms with Crippen molar-refractivity contribution in [3.8, 4) is 0 Å². The highest BCUT2D eigenvalue weighted by atomic mass is 32.1. The Morgan fingerprint density at radius 1 is 1.09 bits per heavy atom. The molecule has 130 valence electrons. The number of ether oxygens (including phenoxy) is 1. The monoisotopic (exact) mass is 350 g/mol. The van der Waals surface area contributed by atoms with Crippen molar-refractivity contribution in [3.63, 3.8) is 0 Å². The zero-order chi connectivity index (χ0) is 16.3. The summed E-state index contributed by atoms with van der Waals surface area (Å²) in [5.41, 5.74) is 0. The third-order valence-corrected chi connectivity index (χ3v) is 5.36. The van der Waals surface area contributed by atoms with Crippen LogP contribution in [0.4, 0.5) is 18.3 Å². The van der Waals surface area contributed by atoms with E-state index in [0.29, 0.717) is 29.6 Å². The van der Waals surface area contributed by atoms with Crippen molar-refractivity contribution in [1.82, 2.24) is 15.1 Å². The lowest BCUT2D eigenvalue weighted by Gasteiger charge is -2.31. The van der Waals surface area contributed by atoms with E-state index in [1.807, 2.05) is 4.90 Å². The Morgan fingerprint density at radius 3 is 2.39 bits per heavy atom. The topological polar surface area (TPSA) is 41.5 Å². The van der Waals surface area contributed by atoms with E-state index in [-0.39, 0.29) is 6.10 Å². The molecule has 5 nitrogen and oxygen atoms in total. The number of alkyl halides is 3. The number of rotatable bonds is 5. The van der Waals surface area contributed by atoms with Gasteiger partial charge in [0, 0.05) is 19.6 Å². The summed E-state index contributed by atoms with van der Waals surface area (Å²) in [6.45, 7) is 5.38. The first-order valence-corrected chi connectivity index (χ1v) is 8.83. The van der Waals surface area contributed by atoms with Gasteiger partial charge < -0.3 is 14.5 Å². The molecule has 1 aromatic rings. The van der Waals surface area contributed by atoms with Gasteiger partial charge in [0.05, 0.1) is 12.7 Å². The minimum absolute atomic E-state index is 0.198. The average molecular weight is 350 g/mol. The molecule has 2 saturated heterocycles. The summed E-state index contributed by atoms with van der Waals surface area (Å²) >= 11 is 0.613. The fourth-order valence-corrected chi connectivity index (χ4v) is 3.79. The molecule has 9 heteroatoms. The van der Waals surface area contributed by atoms with Crippen molar-refractivity contribution in [2.24, 2.45) is 0 Å². The smallest absolute Gasteiger partial charge is 0.377 e. The Balaban J connectivity index is 1.40. The van der Waals surface area contributed by atoms with Gasteiger partial charge in [-0.1, -0.05) is 11.3 Å². The molecule has 0 atom stereocenters. The Labute approximate surface area is 137 Å². The largest absolute Gasteiger partial charge is 0.445 e. The lowest BCUT2D eigenvalue weighted by molar-refractivity contribution is -0.138. The molecule has 1 aromatic heterocycles. The van der Waals surface area contributed by atoms with Gasteiger partial charge in [0.1, 0.15) is 0 Å². The first-order chi connectivity index (χ1) is 11.0. The molecule has 3 heterocycles. The molecule has 0 unspecified atom stereocenters. The molecule has 2 fully saturated rings. The van der Waals surface area contributed by atoms with Gasteiger partial charge in [0.25, 0.3) is 0 Å². The summed E-state index contributed by atoms with van der Waals surface area (Å²) in [7, 11) is 0. The molecule has 0 radical (unpaired) electrons. The number of likely N-dealkylation sites (tertiary alicyclic amines) is 1. The van der Waals surface area contributed by atoms with Crippen LogP contribution < -0.4 is 4.90 Å². The van der Waals surface area contributed by atoms with Crippen molar-refractivity contribution < 1.29 is 17.9 Å². The summed E-state index contributed by atoms with van der Waals surface area (Å²) in [6.07, 6.45) is -0.0152. The van der Waals surface area contributed by atoms with E-state index in [2.05, 4.69) is 15.1 Å². The van der Waals surface area contributed by atoms with Gasteiger partial charge in [-0.05, 0) is 38.8 Å².